The number of likely N-dealkylation sites (tertiary alicyclic amines) is 1. The number of hydrogen-bond donors (Lipinski definition) is 2. The van der Waals surface area contributed by atoms with Gasteiger partial charge in [0.2, 0.25) is 11.8 Å². The molecular formula is C19H28N4O3S. The van der Waals surface area contributed by atoms with Gasteiger partial charge in [0.25, 0.3) is 5.91 Å². The summed E-state index contributed by atoms with van der Waals surface area (Å²) in [6, 6.07) is 0.471. The number of nitrogens with two attached hydrogens (primary N) is 1. The third-order valence-corrected chi connectivity index (χ3v) is 8.27. The van der Waals surface area contributed by atoms with E-state index in [1.165, 1.54) is 25.7 Å². The number of thioether (sulfide) groups is 1. The Bertz CT molecular complexity index is 688. The van der Waals surface area contributed by atoms with Crippen LogP contribution in [0, 0.1) is 17.8 Å². The monoisotopic (exact) mass is 392 g/mol. The third-order valence-electron chi connectivity index (χ3n) is 6.94. The van der Waals surface area contributed by atoms with Crippen LogP contribution in [0.1, 0.15) is 51.9 Å². The molecule has 0 aromatic carbocycles. The van der Waals surface area contributed by atoms with Crippen molar-refractivity contribution in [1.82, 2.24) is 10.2 Å². The van der Waals surface area contributed by atoms with Gasteiger partial charge in [0.1, 0.15) is 11.2 Å². The van der Waals surface area contributed by atoms with Crippen molar-refractivity contribution in [3.63, 3.8) is 0 Å². The average Bonchev–Trinajstić information content (AvgIpc) is 3.30. The first-order valence-electron chi connectivity index (χ1n) is 10.00. The van der Waals surface area contributed by atoms with Crippen molar-refractivity contribution in [3.8, 4) is 0 Å². The van der Waals surface area contributed by atoms with E-state index < -0.39 is 10.7 Å². The Hall–Kier alpha value is -1.57. The minimum Gasteiger partial charge on any atom is -0.369 e. The number of hydrogen-bond acceptors (Lipinski definition) is 5. The van der Waals surface area contributed by atoms with E-state index in [1.54, 1.807) is 16.7 Å². The lowest BCUT2D eigenvalue weighted by Gasteiger charge is -2.38. The van der Waals surface area contributed by atoms with E-state index in [2.05, 4.69) is 10.3 Å². The van der Waals surface area contributed by atoms with E-state index in [9.17, 15) is 14.4 Å². The second kappa shape index (κ2) is 7.11. The molecule has 7 nitrogen and oxygen atoms in total. The lowest BCUT2D eigenvalue weighted by atomic mass is 9.84. The average molecular weight is 393 g/mol. The van der Waals surface area contributed by atoms with Crippen molar-refractivity contribution in [3.05, 3.63) is 0 Å². The summed E-state index contributed by atoms with van der Waals surface area (Å²) < 4.78 is -0.557. The van der Waals surface area contributed by atoms with Crippen LogP contribution in [0.15, 0.2) is 4.99 Å². The molecule has 3 fully saturated rings. The summed E-state index contributed by atoms with van der Waals surface area (Å²) in [4.78, 5) is 41.7. The first-order valence-corrected chi connectivity index (χ1v) is 10.8. The molecule has 0 spiro atoms. The molecule has 27 heavy (non-hydrogen) atoms. The van der Waals surface area contributed by atoms with Crippen LogP contribution in [0.25, 0.3) is 0 Å². The Morgan fingerprint density at radius 3 is 2.59 bits per heavy atom. The van der Waals surface area contributed by atoms with E-state index in [0.29, 0.717) is 19.1 Å². The summed E-state index contributed by atoms with van der Waals surface area (Å²) >= 11 is 1.57. The first-order chi connectivity index (χ1) is 12.8. The summed E-state index contributed by atoms with van der Waals surface area (Å²) in [7, 11) is 0. The molecule has 2 aliphatic carbocycles. The number of fused-ring (bicyclic) bond motifs is 2. The Kier molecular flexibility index (Phi) is 4.94. The largest absolute Gasteiger partial charge is 0.369 e. The van der Waals surface area contributed by atoms with Crippen LogP contribution in [-0.4, -0.2) is 51.7 Å². The molecule has 3 amide bonds. The zero-order valence-electron chi connectivity index (χ0n) is 15.8. The number of primary amides is 1. The minimum atomic E-state index is -0.597. The smallest absolute Gasteiger partial charge is 0.264 e. The van der Waals surface area contributed by atoms with Crippen LogP contribution < -0.4 is 11.1 Å². The molecule has 1 unspecified atom stereocenters. The van der Waals surface area contributed by atoms with Crippen LogP contribution in [-0.2, 0) is 14.4 Å². The molecule has 2 saturated carbocycles. The maximum atomic E-state index is 12.7. The lowest BCUT2D eigenvalue weighted by Crippen LogP contribution is -2.47. The van der Waals surface area contributed by atoms with Crippen molar-refractivity contribution in [2.45, 2.75) is 62.7 Å². The maximum Gasteiger partial charge on any atom is 0.264 e. The van der Waals surface area contributed by atoms with Gasteiger partial charge in [-0.2, -0.15) is 4.99 Å². The molecule has 3 N–H and O–H groups in total. The molecule has 0 aromatic rings. The van der Waals surface area contributed by atoms with E-state index in [1.807, 2.05) is 6.92 Å². The maximum absolute atomic E-state index is 12.7. The van der Waals surface area contributed by atoms with Gasteiger partial charge in [-0.1, -0.05) is 18.2 Å². The Morgan fingerprint density at radius 1 is 1.26 bits per heavy atom. The fraction of sp³-hybridized carbons (Fsp3) is 0.789. The summed E-state index contributed by atoms with van der Waals surface area (Å²) in [5.41, 5.74) is 5.11. The molecule has 2 aliphatic heterocycles. The normalized spacial score (nSPS) is 36.2. The summed E-state index contributed by atoms with van der Waals surface area (Å²) in [5.74, 6) is 0.895. The lowest BCUT2D eigenvalue weighted by molar-refractivity contribution is -0.136. The van der Waals surface area contributed by atoms with Crippen molar-refractivity contribution in [2.24, 2.45) is 28.5 Å². The highest BCUT2D eigenvalue weighted by molar-refractivity contribution is 8.16. The zero-order valence-corrected chi connectivity index (χ0v) is 16.6. The third kappa shape index (κ3) is 3.60. The Labute approximate surface area is 163 Å². The van der Waals surface area contributed by atoms with Crippen molar-refractivity contribution >= 4 is 34.7 Å². The molecule has 4 aliphatic rings. The molecule has 1 saturated heterocycles. The quantitative estimate of drug-likeness (QED) is 0.701. The van der Waals surface area contributed by atoms with Crippen molar-refractivity contribution in [1.29, 1.82) is 0 Å². The summed E-state index contributed by atoms with van der Waals surface area (Å²) in [6.07, 6.45) is 6.42. The molecular weight excluding hydrogens is 364 g/mol. The van der Waals surface area contributed by atoms with Gasteiger partial charge in [0.05, 0.1) is 0 Å². The van der Waals surface area contributed by atoms with Gasteiger partial charge in [-0.15, -0.1) is 0 Å². The van der Waals surface area contributed by atoms with Gasteiger partial charge in [-0.3, -0.25) is 14.4 Å². The van der Waals surface area contributed by atoms with E-state index in [0.717, 1.165) is 29.8 Å². The van der Waals surface area contributed by atoms with Crippen molar-refractivity contribution in [2.75, 3.05) is 13.1 Å². The Morgan fingerprint density at radius 2 is 2.00 bits per heavy atom. The van der Waals surface area contributed by atoms with Gasteiger partial charge in [-0.05, 0) is 56.8 Å². The molecule has 2 bridgehead atoms. The number of carbonyl (C=O) groups excluding carboxylic acids is 3. The first kappa shape index (κ1) is 18.8. The van der Waals surface area contributed by atoms with Crippen LogP contribution in [0.2, 0.25) is 0 Å². The highest BCUT2D eigenvalue weighted by Gasteiger charge is 2.49. The molecule has 2 heterocycles. The predicted octanol–water partition coefficient (Wildman–Crippen LogP) is 1.27. The van der Waals surface area contributed by atoms with E-state index in [4.69, 9.17) is 5.73 Å². The number of nitrogens with one attached hydrogen (secondary N) is 1. The summed E-state index contributed by atoms with van der Waals surface area (Å²) in [5, 5.41) is 4.34. The number of rotatable bonds is 4. The van der Waals surface area contributed by atoms with Gasteiger partial charge in [-0.25, -0.2) is 0 Å². The number of aliphatic imine (C=N–C) groups is 1. The fourth-order valence-electron chi connectivity index (χ4n) is 5.31. The van der Waals surface area contributed by atoms with Crippen molar-refractivity contribution < 1.29 is 14.4 Å². The number of amidine groups is 1. The van der Waals surface area contributed by atoms with E-state index in [-0.39, 0.29) is 24.2 Å². The molecule has 0 aromatic heterocycles. The zero-order chi connectivity index (χ0) is 19.2. The van der Waals surface area contributed by atoms with Crippen LogP contribution in [0.3, 0.4) is 0 Å². The second-order valence-corrected chi connectivity index (χ2v) is 10.1. The topological polar surface area (TPSA) is 105 Å². The van der Waals surface area contributed by atoms with Gasteiger partial charge >= 0.3 is 0 Å². The molecule has 148 valence electrons. The number of amides is 3. The molecule has 4 rings (SSSR count). The SMILES string of the molecule is CC1(C2CCN(C(=O)CC(N)=O)CC2)SC(N[C@H]2C[C@@H]3CC[C@H]2C3)=NC1=O. The van der Waals surface area contributed by atoms with Crippen LogP contribution >= 0.6 is 11.8 Å². The van der Waals surface area contributed by atoms with Gasteiger partial charge in [0, 0.05) is 19.1 Å². The van der Waals surface area contributed by atoms with E-state index >= 15 is 0 Å². The Balaban J connectivity index is 1.32. The van der Waals surface area contributed by atoms with Crippen LogP contribution in [0.4, 0.5) is 0 Å². The molecule has 8 heteroatoms. The molecule has 4 atom stereocenters. The highest BCUT2D eigenvalue weighted by Crippen LogP contribution is 2.47. The highest BCUT2D eigenvalue weighted by atomic mass is 32.2. The standard InChI is InChI=1S/C19H28N4O3S/c1-19(13-4-6-23(7-5-13)16(25)10-15(20)24)17(26)22-18(27-19)21-14-9-11-2-3-12(14)8-11/h11-14H,2-10H2,1H3,(H2,20,24)(H,21,22,26)/t11-,12+,14+,19?/m1/s1. The second-order valence-electron chi connectivity index (χ2n) is 8.66. The number of carbonyl (C=O) groups is 3. The number of piperidine rings is 1. The van der Waals surface area contributed by atoms with Crippen LogP contribution in [0.5, 0.6) is 0 Å². The van der Waals surface area contributed by atoms with Gasteiger partial charge in [0.15, 0.2) is 5.17 Å². The molecule has 0 radical (unpaired) electrons. The summed E-state index contributed by atoms with van der Waals surface area (Å²) in [6.45, 7) is 3.12. The fourth-order valence-corrected chi connectivity index (χ4v) is 6.59. The van der Waals surface area contributed by atoms with Gasteiger partial charge < -0.3 is 16.0 Å². The predicted molar refractivity (Wildman–Crippen MR) is 104 cm³/mol. The number of nitrogens with zero attached hydrogens (tertiary/aromatic N) is 2. The minimum absolute atomic E-state index is 0.0555.